The molecule has 15 heavy (non-hydrogen) atoms. The van der Waals surface area contributed by atoms with Crippen LogP contribution in [0.2, 0.25) is 0 Å². The normalized spacial score (nSPS) is 25.3. The number of hydrogen-bond donors (Lipinski definition) is 1. The van der Waals surface area contributed by atoms with Gasteiger partial charge in [-0.25, -0.2) is 8.42 Å². The predicted octanol–water partition coefficient (Wildman–Crippen LogP) is -0.309. The van der Waals surface area contributed by atoms with E-state index >= 15 is 0 Å². The van der Waals surface area contributed by atoms with Crippen LogP contribution in [0.3, 0.4) is 0 Å². The molecule has 84 valence electrons. The minimum atomic E-state index is -2.97. The van der Waals surface area contributed by atoms with Gasteiger partial charge in [0.05, 0.1) is 11.5 Å². The summed E-state index contributed by atoms with van der Waals surface area (Å²) in [6.45, 7) is 2.36. The average molecular weight is 231 g/mol. The minimum absolute atomic E-state index is 0.0400. The number of sulfone groups is 1. The van der Waals surface area contributed by atoms with E-state index in [1.165, 1.54) is 0 Å². The molecule has 0 amide bonds. The molecule has 1 aromatic heterocycles. The van der Waals surface area contributed by atoms with E-state index in [-0.39, 0.29) is 17.5 Å². The fourth-order valence-electron chi connectivity index (χ4n) is 1.50. The zero-order valence-corrected chi connectivity index (χ0v) is 9.25. The van der Waals surface area contributed by atoms with E-state index in [0.29, 0.717) is 24.7 Å². The summed E-state index contributed by atoms with van der Waals surface area (Å²) < 4.78 is 27.8. The zero-order chi connectivity index (χ0) is 10.9. The summed E-state index contributed by atoms with van der Waals surface area (Å²) in [5.74, 6) is 1.20. The van der Waals surface area contributed by atoms with Crippen molar-refractivity contribution >= 4 is 9.84 Å². The third-order valence-corrected chi connectivity index (χ3v) is 3.99. The molecule has 0 aromatic carbocycles. The van der Waals surface area contributed by atoms with Crippen LogP contribution in [0, 0.1) is 0 Å². The van der Waals surface area contributed by atoms with Crippen LogP contribution in [0.1, 0.15) is 24.7 Å². The standard InChI is InChI=1S/C8H13N3O3S/c1-2-7-10-8(14-11-7)6-5-15(12,13)4-3-9-6/h6,9H,2-5H2,1H3. The van der Waals surface area contributed by atoms with Gasteiger partial charge in [0.15, 0.2) is 15.7 Å². The molecule has 2 rings (SSSR count). The van der Waals surface area contributed by atoms with Crippen molar-refractivity contribution in [3.05, 3.63) is 11.7 Å². The largest absolute Gasteiger partial charge is 0.338 e. The van der Waals surface area contributed by atoms with E-state index in [4.69, 9.17) is 4.52 Å². The summed E-state index contributed by atoms with van der Waals surface area (Å²) in [5.41, 5.74) is 0. The summed E-state index contributed by atoms with van der Waals surface area (Å²) in [6, 6.07) is -0.350. The van der Waals surface area contributed by atoms with Crippen molar-refractivity contribution in [1.82, 2.24) is 15.5 Å². The van der Waals surface area contributed by atoms with Crippen molar-refractivity contribution in [1.29, 1.82) is 0 Å². The van der Waals surface area contributed by atoms with Gasteiger partial charge in [-0.3, -0.25) is 0 Å². The predicted molar refractivity (Wildman–Crippen MR) is 53.1 cm³/mol. The van der Waals surface area contributed by atoms with Gasteiger partial charge in [-0.05, 0) is 0 Å². The van der Waals surface area contributed by atoms with E-state index in [1.807, 2.05) is 6.92 Å². The lowest BCUT2D eigenvalue weighted by Crippen LogP contribution is -2.39. The number of aryl methyl sites for hydroxylation is 1. The Hall–Kier alpha value is -0.950. The molecule has 1 unspecified atom stereocenters. The van der Waals surface area contributed by atoms with Crippen molar-refractivity contribution in [3.8, 4) is 0 Å². The molecule has 0 radical (unpaired) electrons. The fraction of sp³-hybridized carbons (Fsp3) is 0.750. The van der Waals surface area contributed by atoms with Crippen molar-refractivity contribution in [2.75, 3.05) is 18.1 Å². The molecule has 1 N–H and O–H groups in total. The summed E-state index contributed by atoms with van der Waals surface area (Å²) in [4.78, 5) is 4.11. The minimum Gasteiger partial charge on any atom is -0.338 e. The van der Waals surface area contributed by atoms with Crippen LogP contribution < -0.4 is 5.32 Å². The molecule has 1 saturated heterocycles. The highest BCUT2D eigenvalue weighted by Gasteiger charge is 2.29. The van der Waals surface area contributed by atoms with Crippen LogP contribution in [0.15, 0.2) is 4.52 Å². The molecule has 0 bridgehead atoms. The monoisotopic (exact) mass is 231 g/mol. The quantitative estimate of drug-likeness (QED) is 0.751. The maximum Gasteiger partial charge on any atom is 0.244 e. The Morgan fingerprint density at radius 1 is 1.60 bits per heavy atom. The first-order chi connectivity index (χ1) is 7.11. The number of aromatic nitrogens is 2. The molecule has 1 fully saturated rings. The molecule has 0 saturated carbocycles. The third-order valence-electron chi connectivity index (χ3n) is 2.32. The second-order valence-electron chi connectivity index (χ2n) is 3.52. The van der Waals surface area contributed by atoms with Gasteiger partial charge in [-0.15, -0.1) is 0 Å². The highest BCUT2D eigenvalue weighted by Crippen LogP contribution is 2.16. The molecule has 6 nitrogen and oxygen atoms in total. The van der Waals surface area contributed by atoms with Crippen molar-refractivity contribution in [2.24, 2.45) is 0 Å². The summed E-state index contributed by atoms with van der Waals surface area (Å²) in [5, 5.41) is 6.79. The highest BCUT2D eigenvalue weighted by atomic mass is 32.2. The first-order valence-electron chi connectivity index (χ1n) is 4.87. The van der Waals surface area contributed by atoms with Gasteiger partial charge in [0.2, 0.25) is 5.89 Å². The lowest BCUT2D eigenvalue weighted by atomic mass is 10.3. The second kappa shape index (κ2) is 3.90. The first kappa shape index (κ1) is 10.6. The van der Waals surface area contributed by atoms with Crippen LogP contribution in [0.4, 0.5) is 0 Å². The first-order valence-corrected chi connectivity index (χ1v) is 6.69. The van der Waals surface area contributed by atoms with E-state index in [2.05, 4.69) is 15.5 Å². The SMILES string of the molecule is CCc1noc(C2CS(=O)(=O)CCN2)n1. The van der Waals surface area contributed by atoms with Crippen LogP contribution >= 0.6 is 0 Å². The van der Waals surface area contributed by atoms with E-state index in [9.17, 15) is 8.42 Å². The second-order valence-corrected chi connectivity index (χ2v) is 5.75. The summed E-state index contributed by atoms with van der Waals surface area (Å²) >= 11 is 0. The van der Waals surface area contributed by atoms with Gasteiger partial charge >= 0.3 is 0 Å². The Morgan fingerprint density at radius 3 is 3.00 bits per heavy atom. The van der Waals surface area contributed by atoms with Crippen LogP contribution in [0.5, 0.6) is 0 Å². The highest BCUT2D eigenvalue weighted by molar-refractivity contribution is 7.91. The van der Waals surface area contributed by atoms with Crippen molar-refractivity contribution in [2.45, 2.75) is 19.4 Å². The van der Waals surface area contributed by atoms with Gasteiger partial charge in [-0.1, -0.05) is 12.1 Å². The molecule has 1 aliphatic rings. The van der Waals surface area contributed by atoms with Crippen LogP contribution in [-0.4, -0.2) is 36.6 Å². The Balaban J connectivity index is 2.17. The molecular weight excluding hydrogens is 218 g/mol. The molecule has 1 aliphatic heterocycles. The average Bonchev–Trinajstić information content (AvgIpc) is 2.64. The zero-order valence-electron chi connectivity index (χ0n) is 8.43. The maximum atomic E-state index is 11.4. The molecule has 2 heterocycles. The van der Waals surface area contributed by atoms with Gasteiger partial charge in [-0.2, -0.15) is 4.98 Å². The van der Waals surface area contributed by atoms with Crippen LogP contribution in [-0.2, 0) is 16.3 Å². The Labute approximate surface area is 88.0 Å². The van der Waals surface area contributed by atoms with Crippen LogP contribution in [0.25, 0.3) is 0 Å². The molecule has 7 heteroatoms. The maximum absolute atomic E-state index is 11.4. The van der Waals surface area contributed by atoms with Gasteiger partial charge in [0, 0.05) is 13.0 Å². The molecule has 0 aliphatic carbocycles. The number of rotatable bonds is 2. The lowest BCUT2D eigenvalue weighted by molar-refractivity contribution is 0.336. The molecular formula is C8H13N3O3S. The van der Waals surface area contributed by atoms with E-state index < -0.39 is 9.84 Å². The lowest BCUT2D eigenvalue weighted by Gasteiger charge is -2.19. The third kappa shape index (κ3) is 2.35. The van der Waals surface area contributed by atoms with Gasteiger partial charge in [0.25, 0.3) is 0 Å². The van der Waals surface area contributed by atoms with Crippen molar-refractivity contribution in [3.63, 3.8) is 0 Å². The molecule has 1 aromatic rings. The number of nitrogens with one attached hydrogen (secondary N) is 1. The molecule has 1 atom stereocenters. The Kier molecular flexibility index (Phi) is 2.74. The van der Waals surface area contributed by atoms with Crippen molar-refractivity contribution < 1.29 is 12.9 Å². The van der Waals surface area contributed by atoms with E-state index in [1.54, 1.807) is 0 Å². The Morgan fingerprint density at radius 2 is 2.40 bits per heavy atom. The summed E-state index contributed by atoms with van der Waals surface area (Å²) in [6.07, 6.45) is 0.684. The summed E-state index contributed by atoms with van der Waals surface area (Å²) in [7, 11) is -2.97. The molecule has 0 spiro atoms. The Bertz CT molecular complexity index is 440. The number of hydrogen-bond acceptors (Lipinski definition) is 6. The van der Waals surface area contributed by atoms with Gasteiger partial charge in [0.1, 0.15) is 6.04 Å². The fourth-order valence-corrected chi connectivity index (χ4v) is 2.86. The topological polar surface area (TPSA) is 85.1 Å². The smallest absolute Gasteiger partial charge is 0.244 e. The van der Waals surface area contributed by atoms with Gasteiger partial charge < -0.3 is 9.84 Å². The number of nitrogens with zero attached hydrogens (tertiary/aromatic N) is 2. The van der Waals surface area contributed by atoms with E-state index in [0.717, 1.165) is 0 Å².